The van der Waals surface area contributed by atoms with Crippen LogP contribution < -0.4 is 5.32 Å². The molecule has 1 aromatic rings. The molecule has 0 spiro atoms. The van der Waals surface area contributed by atoms with Gasteiger partial charge in [0.15, 0.2) is 0 Å². The van der Waals surface area contributed by atoms with Gasteiger partial charge >= 0.3 is 0 Å². The van der Waals surface area contributed by atoms with Crippen LogP contribution in [0.15, 0.2) is 33.6 Å². The second-order valence-corrected chi connectivity index (χ2v) is 7.52. The average Bonchev–Trinajstić information content (AvgIpc) is 3.13. The highest BCUT2D eigenvalue weighted by Gasteiger charge is 2.27. The van der Waals surface area contributed by atoms with Crippen LogP contribution in [-0.4, -0.2) is 38.3 Å². The Hall–Kier alpha value is -0.920. The normalized spacial score (nSPS) is 15.5. The van der Waals surface area contributed by atoms with Crippen LogP contribution in [0.1, 0.15) is 12.8 Å². The summed E-state index contributed by atoms with van der Waals surface area (Å²) in [5, 5.41) is 2.76. The van der Waals surface area contributed by atoms with E-state index in [1.807, 2.05) is 0 Å². The largest absolute Gasteiger partial charge is 0.352 e. The van der Waals surface area contributed by atoms with Crippen molar-refractivity contribution in [2.75, 3.05) is 13.6 Å². The Balaban J connectivity index is 2.05. The lowest BCUT2D eigenvalue weighted by Gasteiger charge is -2.16. The van der Waals surface area contributed by atoms with E-state index >= 15 is 0 Å². The third-order valence-electron chi connectivity index (χ3n) is 2.83. The fraction of sp³-hybridized carbons (Fsp3) is 0.417. The number of nitrogens with zero attached hydrogens (tertiary/aromatic N) is 1. The van der Waals surface area contributed by atoms with Gasteiger partial charge in [0.05, 0.1) is 11.4 Å². The smallest absolute Gasteiger partial charge is 0.243 e. The lowest BCUT2D eigenvalue weighted by atomic mass is 10.4. The predicted octanol–water partition coefficient (Wildman–Crippen LogP) is 1.35. The Morgan fingerprint density at radius 1 is 1.37 bits per heavy atom. The summed E-state index contributed by atoms with van der Waals surface area (Å²) in [5.74, 6) is -0.259. The van der Waals surface area contributed by atoms with Gasteiger partial charge in [0.25, 0.3) is 0 Å². The first-order valence-corrected chi connectivity index (χ1v) is 8.14. The molecular formula is C12H15BrN2O3S. The number of sulfonamides is 1. The molecule has 1 aromatic carbocycles. The summed E-state index contributed by atoms with van der Waals surface area (Å²) in [6.45, 7) is -0.158. The van der Waals surface area contributed by atoms with Gasteiger partial charge in [-0.3, -0.25) is 4.79 Å². The molecule has 5 nitrogen and oxygen atoms in total. The summed E-state index contributed by atoms with van der Waals surface area (Å²) in [4.78, 5) is 11.8. The molecule has 0 radical (unpaired) electrons. The van der Waals surface area contributed by atoms with Crippen LogP contribution in [0.2, 0.25) is 0 Å². The number of halogens is 1. The molecule has 0 aliphatic heterocycles. The average molecular weight is 347 g/mol. The first kappa shape index (κ1) is 14.5. The van der Waals surface area contributed by atoms with Gasteiger partial charge in [-0.15, -0.1) is 0 Å². The van der Waals surface area contributed by atoms with Crippen molar-refractivity contribution in [3.05, 3.63) is 28.7 Å². The molecule has 1 N–H and O–H groups in total. The molecule has 19 heavy (non-hydrogen) atoms. The molecule has 0 aromatic heterocycles. The van der Waals surface area contributed by atoms with Crippen LogP contribution >= 0.6 is 15.9 Å². The van der Waals surface area contributed by atoms with Crippen molar-refractivity contribution >= 4 is 31.9 Å². The van der Waals surface area contributed by atoms with Crippen LogP contribution in [0.25, 0.3) is 0 Å². The second-order valence-electron chi connectivity index (χ2n) is 4.56. The highest BCUT2D eigenvalue weighted by atomic mass is 79.9. The van der Waals surface area contributed by atoms with E-state index < -0.39 is 10.0 Å². The molecule has 1 aliphatic rings. The van der Waals surface area contributed by atoms with Crippen molar-refractivity contribution in [1.82, 2.24) is 9.62 Å². The molecule has 2 rings (SSSR count). The van der Waals surface area contributed by atoms with Gasteiger partial charge in [-0.05, 0) is 37.1 Å². The second kappa shape index (κ2) is 5.60. The molecule has 0 saturated heterocycles. The van der Waals surface area contributed by atoms with Crippen molar-refractivity contribution in [3.8, 4) is 0 Å². The summed E-state index contributed by atoms with van der Waals surface area (Å²) in [7, 11) is -2.21. The fourth-order valence-electron chi connectivity index (χ4n) is 1.57. The maximum Gasteiger partial charge on any atom is 0.243 e. The molecule has 1 aliphatic carbocycles. The Morgan fingerprint density at radius 2 is 1.95 bits per heavy atom. The van der Waals surface area contributed by atoms with Gasteiger partial charge in [0.2, 0.25) is 15.9 Å². The van der Waals surface area contributed by atoms with Crippen LogP contribution in [0.4, 0.5) is 0 Å². The molecular weight excluding hydrogens is 332 g/mol. The third-order valence-corrected chi connectivity index (χ3v) is 5.18. The number of carbonyl (C=O) groups is 1. The first-order valence-electron chi connectivity index (χ1n) is 5.91. The molecule has 0 unspecified atom stereocenters. The van der Waals surface area contributed by atoms with Crippen LogP contribution in [-0.2, 0) is 14.8 Å². The maximum absolute atomic E-state index is 12.2. The maximum atomic E-state index is 12.2. The topological polar surface area (TPSA) is 66.5 Å². The number of amides is 1. The number of carbonyl (C=O) groups excluding carboxylic acids is 1. The Labute approximate surface area is 121 Å². The van der Waals surface area contributed by atoms with E-state index in [1.165, 1.54) is 19.2 Å². The molecule has 0 atom stereocenters. The number of benzene rings is 1. The molecule has 104 valence electrons. The molecule has 1 fully saturated rings. The highest BCUT2D eigenvalue weighted by molar-refractivity contribution is 9.10. The van der Waals surface area contributed by atoms with Gasteiger partial charge in [0.1, 0.15) is 0 Å². The zero-order valence-corrected chi connectivity index (χ0v) is 12.9. The van der Waals surface area contributed by atoms with Gasteiger partial charge < -0.3 is 5.32 Å². The van der Waals surface area contributed by atoms with E-state index in [0.717, 1.165) is 21.6 Å². The number of hydrogen-bond donors (Lipinski definition) is 1. The van der Waals surface area contributed by atoms with Crippen molar-refractivity contribution in [2.45, 2.75) is 23.8 Å². The van der Waals surface area contributed by atoms with E-state index in [1.54, 1.807) is 12.1 Å². The summed E-state index contributed by atoms with van der Waals surface area (Å²) >= 11 is 3.25. The van der Waals surface area contributed by atoms with Crippen molar-refractivity contribution in [3.63, 3.8) is 0 Å². The van der Waals surface area contributed by atoms with E-state index in [2.05, 4.69) is 21.2 Å². The standard InChI is InChI=1S/C12H15BrN2O3S/c1-15(8-12(16)14-10-4-5-10)19(17,18)11-6-2-9(13)3-7-11/h2-3,6-7,10H,4-5,8H2,1H3,(H,14,16). The zero-order chi connectivity index (χ0) is 14.0. The molecule has 0 heterocycles. The Kier molecular flexibility index (Phi) is 4.27. The van der Waals surface area contributed by atoms with E-state index in [4.69, 9.17) is 0 Å². The number of nitrogens with one attached hydrogen (secondary N) is 1. The summed E-state index contributed by atoms with van der Waals surface area (Å²) in [6.07, 6.45) is 1.96. The number of rotatable bonds is 5. The third kappa shape index (κ3) is 3.77. The molecule has 1 amide bonds. The van der Waals surface area contributed by atoms with Crippen molar-refractivity contribution in [1.29, 1.82) is 0 Å². The van der Waals surface area contributed by atoms with Crippen LogP contribution in [0, 0.1) is 0 Å². The SMILES string of the molecule is CN(CC(=O)NC1CC1)S(=O)(=O)c1ccc(Br)cc1. The van der Waals surface area contributed by atoms with Crippen LogP contribution in [0.5, 0.6) is 0 Å². The minimum atomic E-state index is -3.61. The predicted molar refractivity (Wildman–Crippen MR) is 75.1 cm³/mol. The highest BCUT2D eigenvalue weighted by Crippen LogP contribution is 2.19. The Bertz CT molecular complexity index is 567. The fourth-order valence-corrected chi connectivity index (χ4v) is 2.97. The Morgan fingerprint density at radius 3 is 2.47 bits per heavy atom. The zero-order valence-electron chi connectivity index (χ0n) is 10.5. The minimum absolute atomic E-state index is 0.158. The molecule has 1 saturated carbocycles. The first-order chi connectivity index (χ1) is 8.89. The van der Waals surface area contributed by atoms with Crippen molar-refractivity contribution < 1.29 is 13.2 Å². The summed E-state index contributed by atoms with van der Waals surface area (Å²) in [5.41, 5.74) is 0. The lowest BCUT2D eigenvalue weighted by molar-refractivity contribution is -0.121. The summed E-state index contributed by atoms with van der Waals surface area (Å²) in [6, 6.07) is 6.57. The van der Waals surface area contributed by atoms with E-state index in [9.17, 15) is 13.2 Å². The van der Waals surface area contributed by atoms with Gasteiger partial charge in [-0.1, -0.05) is 15.9 Å². The molecule has 0 bridgehead atoms. The van der Waals surface area contributed by atoms with Gasteiger partial charge in [-0.2, -0.15) is 4.31 Å². The van der Waals surface area contributed by atoms with E-state index in [-0.39, 0.29) is 23.4 Å². The number of hydrogen-bond acceptors (Lipinski definition) is 3. The van der Waals surface area contributed by atoms with Gasteiger partial charge in [-0.25, -0.2) is 8.42 Å². The molecule has 7 heteroatoms. The minimum Gasteiger partial charge on any atom is -0.352 e. The monoisotopic (exact) mass is 346 g/mol. The quantitative estimate of drug-likeness (QED) is 0.874. The van der Waals surface area contributed by atoms with Gasteiger partial charge in [0, 0.05) is 17.6 Å². The number of likely N-dealkylation sites (N-methyl/N-ethyl adjacent to an activating group) is 1. The summed E-state index contributed by atoms with van der Waals surface area (Å²) < 4.78 is 26.3. The van der Waals surface area contributed by atoms with Crippen molar-refractivity contribution in [2.24, 2.45) is 0 Å². The van der Waals surface area contributed by atoms with Crippen LogP contribution in [0.3, 0.4) is 0 Å². The lowest BCUT2D eigenvalue weighted by Crippen LogP contribution is -2.39. The van der Waals surface area contributed by atoms with E-state index in [0.29, 0.717) is 0 Å².